The lowest BCUT2D eigenvalue weighted by Crippen LogP contribution is -2.01. The third kappa shape index (κ3) is 1.96. The smallest absolute Gasteiger partial charge is 0.220 e. The van der Waals surface area contributed by atoms with Gasteiger partial charge in [0, 0.05) is 5.56 Å². The molecule has 2 rings (SSSR count). The summed E-state index contributed by atoms with van der Waals surface area (Å²) in [6.45, 7) is 0. The van der Waals surface area contributed by atoms with E-state index in [-0.39, 0.29) is 5.43 Å². The lowest BCUT2D eigenvalue weighted by atomic mass is 10.1. The van der Waals surface area contributed by atoms with Crippen molar-refractivity contribution in [3.63, 3.8) is 0 Å². The van der Waals surface area contributed by atoms with Crippen LogP contribution in [0.15, 0.2) is 59.4 Å². The molecule has 0 heterocycles. The molecular formula is C14H12O2. The summed E-state index contributed by atoms with van der Waals surface area (Å²) >= 11 is 0. The van der Waals surface area contributed by atoms with Gasteiger partial charge in [0.15, 0.2) is 5.75 Å². The molecule has 0 amide bonds. The molecular weight excluding hydrogens is 200 g/mol. The van der Waals surface area contributed by atoms with Crippen LogP contribution in [0.1, 0.15) is 0 Å². The summed E-state index contributed by atoms with van der Waals surface area (Å²) in [5, 5.41) is 0. The minimum atomic E-state index is -0.105. The Hall–Kier alpha value is -2.09. The summed E-state index contributed by atoms with van der Waals surface area (Å²) in [4.78, 5) is 11.7. The van der Waals surface area contributed by atoms with E-state index in [1.54, 1.807) is 6.07 Å². The van der Waals surface area contributed by atoms with Crippen molar-refractivity contribution in [2.24, 2.45) is 0 Å². The molecule has 0 aliphatic rings. The topological polar surface area (TPSA) is 26.3 Å². The van der Waals surface area contributed by atoms with Crippen molar-refractivity contribution in [2.45, 2.75) is 0 Å². The molecule has 0 aliphatic heterocycles. The molecule has 0 radical (unpaired) electrons. The SMILES string of the molecule is COc1c(-c2ccccc2)ccccc1=O. The Kier molecular flexibility index (Phi) is 3.01. The Morgan fingerprint density at radius 3 is 2.19 bits per heavy atom. The van der Waals surface area contributed by atoms with Gasteiger partial charge in [-0.3, -0.25) is 4.79 Å². The fourth-order valence-corrected chi connectivity index (χ4v) is 1.63. The van der Waals surface area contributed by atoms with Gasteiger partial charge in [0.1, 0.15) is 0 Å². The predicted molar refractivity (Wildman–Crippen MR) is 64.7 cm³/mol. The van der Waals surface area contributed by atoms with Crippen molar-refractivity contribution in [1.29, 1.82) is 0 Å². The van der Waals surface area contributed by atoms with Crippen molar-refractivity contribution in [2.75, 3.05) is 7.11 Å². The molecule has 0 saturated carbocycles. The van der Waals surface area contributed by atoms with Gasteiger partial charge in [0.05, 0.1) is 7.11 Å². The minimum absolute atomic E-state index is 0.105. The molecule has 0 aromatic heterocycles. The lowest BCUT2D eigenvalue weighted by molar-refractivity contribution is 0.413. The molecule has 0 bridgehead atoms. The monoisotopic (exact) mass is 212 g/mol. The van der Waals surface area contributed by atoms with Gasteiger partial charge in [0.2, 0.25) is 5.43 Å². The summed E-state index contributed by atoms with van der Waals surface area (Å²) in [5.74, 6) is 0.385. The van der Waals surface area contributed by atoms with E-state index in [2.05, 4.69) is 0 Å². The summed E-state index contributed by atoms with van der Waals surface area (Å²) in [5.41, 5.74) is 1.69. The normalized spacial score (nSPS) is 9.81. The Bertz CT molecular complexity index is 533. The molecule has 0 spiro atoms. The Labute approximate surface area is 94.1 Å². The van der Waals surface area contributed by atoms with Gasteiger partial charge in [0.25, 0.3) is 0 Å². The third-order valence-corrected chi connectivity index (χ3v) is 2.38. The zero-order valence-electron chi connectivity index (χ0n) is 9.01. The first-order valence-electron chi connectivity index (χ1n) is 5.05. The fraction of sp³-hybridized carbons (Fsp3) is 0.0714. The highest BCUT2D eigenvalue weighted by Gasteiger charge is 2.06. The molecule has 0 atom stereocenters. The highest BCUT2D eigenvalue weighted by Crippen LogP contribution is 2.25. The molecule has 0 saturated heterocycles. The van der Waals surface area contributed by atoms with E-state index in [0.29, 0.717) is 5.75 Å². The van der Waals surface area contributed by atoms with E-state index in [9.17, 15) is 4.79 Å². The van der Waals surface area contributed by atoms with E-state index >= 15 is 0 Å². The van der Waals surface area contributed by atoms with Crippen LogP contribution in [0.2, 0.25) is 0 Å². The molecule has 0 N–H and O–H groups in total. The molecule has 0 unspecified atom stereocenters. The number of hydrogen-bond acceptors (Lipinski definition) is 2. The first-order chi connectivity index (χ1) is 7.83. The first-order valence-corrected chi connectivity index (χ1v) is 5.05. The number of hydrogen-bond donors (Lipinski definition) is 0. The van der Waals surface area contributed by atoms with E-state index < -0.39 is 0 Å². The Balaban J connectivity index is 2.71. The van der Waals surface area contributed by atoms with Crippen molar-refractivity contribution < 1.29 is 4.74 Å². The molecule has 2 nitrogen and oxygen atoms in total. The van der Waals surface area contributed by atoms with Gasteiger partial charge < -0.3 is 4.74 Å². The molecule has 2 aromatic carbocycles. The van der Waals surface area contributed by atoms with E-state index in [4.69, 9.17) is 4.74 Å². The summed E-state index contributed by atoms with van der Waals surface area (Å²) in [6.07, 6.45) is 0. The van der Waals surface area contributed by atoms with Gasteiger partial charge in [-0.15, -0.1) is 0 Å². The van der Waals surface area contributed by atoms with E-state index in [0.717, 1.165) is 11.1 Å². The van der Waals surface area contributed by atoms with Crippen molar-refractivity contribution >= 4 is 0 Å². The third-order valence-electron chi connectivity index (χ3n) is 2.38. The average Bonchev–Trinajstić information content (AvgIpc) is 2.52. The molecule has 2 aromatic rings. The Morgan fingerprint density at radius 1 is 0.875 bits per heavy atom. The standard InChI is InChI=1S/C14H12O2/c1-16-14-12(9-5-6-10-13(14)15)11-7-3-2-4-8-11/h2-10H,1H3. The van der Waals surface area contributed by atoms with E-state index in [1.807, 2.05) is 42.5 Å². The summed E-state index contributed by atoms with van der Waals surface area (Å²) < 4.78 is 5.18. The Morgan fingerprint density at radius 2 is 1.50 bits per heavy atom. The van der Waals surface area contributed by atoms with Crippen LogP contribution in [-0.4, -0.2) is 7.11 Å². The van der Waals surface area contributed by atoms with Gasteiger partial charge in [-0.25, -0.2) is 0 Å². The molecule has 0 fully saturated rings. The second kappa shape index (κ2) is 4.62. The van der Waals surface area contributed by atoms with Crippen molar-refractivity contribution in [1.82, 2.24) is 0 Å². The van der Waals surface area contributed by atoms with Crippen LogP contribution in [0.25, 0.3) is 11.1 Å². The predicted octanol–water partition coefficient (Wildman–Crippen LogP) is 2.72. The highest BCUT2D eigenvalue weighted by molar-refractivity contribution is 5.69. The molecule has 16 heavy (non-hydrogen) atoms. The first kappa shape index (κ1) is 10.4. The van der Waals surface area contributed by atoms with Crippen LogP contribution in [0.4, 0.5) is 0 Å². The maximum absolute atomic E-state index is 11.7. The van der Waals surface area contributed by atoms with E-state index in [1.165, 1.54) is 13.2 Å². The second-order valence-corrected chi connectivity index (χ2v) is 3.40. The zero-order chi connectivity index (χ0) is 11.4. The second-order valence-electron chi connectivity index (χ2n) is 3.40. The van der Waals surface area contributed by atoms with Gasteiger partial charge in [-0.05, 0) is 11.6 Å². The summed E-state index contributed by atoms with van der Waals surface area (Å²) in [7, 11) is 1.52. The molecule has 0 aliphatic carbocycles. The maximum Gasteiger partial charge on any atom is 0.220 e. The summed E-state index contributed by atoms with van der Waals surface area (Å²) in [6, 6.07) is 16.7. The highest BCUT2D eigenvalue weighted by atomic mass is 16.5. The van der Waals surface area contributed by atoms with Crippen LogP contribution in [0.3, 0.4) is 0 Å². The number of benzene rings is 1. The minimum Gasteiger partial charge on any atom is -0.492 e. The number of methoxy groups -OCH3 is 1. The van der Waals surface area contributed by atoms with Gasteiger partial charge >= 0.3 is 0 Å². The molecule has 80 valence electrons. The van der Waals surface area contributed by atoms with Crippen molar-refractivity contribution in [3.8, 4) is 16.9 Å². The number of rotatable bonds is 2. The van der Waals surface area contributed by atoms with Gasteiger partial charge in [-0.1, -0.05) is 48.5 Å². The largest absolute Gasteiger partial charge is 0.492 e. The van der Waals surface area contributed by atoms with Crippen LogP contribution < -0.4 is 10.2 Å². The molecule has 2 heteroatoms. The quantitative estimate of drug-likeness (QED) is 0.765. The maximum atomic E-state index is 11.7. The van der Waals surface area contributed by atoms with Crippen LogP contribution >= 0.6 is 0 Å². The zero-order valence-corrected chi connectivity index (χ0v) is 9.01. The average molecular weight is 212 g/mol. The lowest BCUT2D eigenvalue weighted by Gasteiger charge is -2.04. The van der Waals surface area contributed by atoms with Crippen LogP contribution in [-0.2, 0) is 0 Å². The van der Waals surface area contributed by atoms with Crippen LogP contribution in [0.5, 0.6) is 5.75 Å². The van der Waals surface area contributed by atoms with Gasteiger partial charge in [-0.2, -0.15) is 0 Å². The van der Waals surface area contributed by atoms with Crippen molar-refractivity contribution in [3.05, 3.63) is 64.8 Å². The number of ether oxygens (including phenoxy) is 1. The van der Waals surface area contributed by atoms with Crippen LogP contribution in [0, 0.1) is 0 Å². The fourth-order valence-electron chi connectivity index (χ4n) is 1.63.